The molecule has 0 saturated heterocycles. The van der Waals surface area contributed by atoms with E-state index in [1.165, 1.54) is 10.1 Å². The minimum absolute atomic E-state index is 0.0124. The predicted molar refractivity (Wildman–Crippen MR) is 56.9 cm³/mol. The Balaban J connectivity index is 2.83. The van der Waals surface area contributed by atoms with Gasteiger partial charge in [0.1, 0.15) is 0 Å². The molecule has 0 bridgehead atoms. The van der Waals surface area contributed by atoms with Gasteiger partial charge in [-0.05, 0) is 35.4 Å². The van der Waals surface area contributed by atoms with Gasteiger partial charge < -0.3 is 10.8 Å². The number of nitrogen functional groups attached to an aromatic ring is 1. The molecule has 0 unspecified atom stereocenters. The molecular weight excluding hydrogens is 182 g/mol. The van der Waals surface area contributed by atoms with Crippen LogP contribution < -0.4 is 5.73 Å². The van der Waals surface area contributed by atoms with Crippen LogP contribution in [0.5, 0.6) is 0 Å². The molecule has 1 heterocycles. The highest BCUT2D eigenvalue weighted by atomic mass is 32.1. The number of hydrogen-bond acceptors (Lipinski definition) is 3. The van der Waals surface area contributed by atoms with Gasteiger partial charge in [0.25, 0.3) is 0 Å². The summed E-state index contributed by atoms with van der Waals surface area (Å²) in [5.74, 6) is 0. The van der Waals surface area contributed by atoms with Gasteiger partial charge in [0.05, 0.1) is 6.61 Å². The van der Waals surface area contributed by atoms with Crippen LogP contribution in [0.1, 0.15) is 11.1 Å². The highest BCUT2D eigenvalue weighted by Gasteiger charge is 2.07. The van der Waals surface area contributed by atoms with E-state index in [1.807, 2.05) is 24.4 Å². The lowest BCUT2D eigenvalue weighted by Gasteiger charge is -2.06. The molecule has 3 N–H and O–H groups in total. The molecule has 13 heavy (non-hydrogen) atoms. The molecule has 0 atom stereocenters. The van der Waals surface area contributed by atoms with Gasteiger partial charge in [0, 0.05) is 16.0 Å². The van der Waals surface area contributed by atoms with Gasteiger partial charge in [0.15, 0.2) is 0 Å². The second-order valence-corrected chi connectivity index (χ2v) is 3.99. The summed E-state index contributed by atoms with van der Waals surface area (Å²) in [5, 5.41) is 12.3. The van der Waals surface area contributed by atoms with Gasteiger partial charge >= 0.3 is 0 Å². The summed E-state index contributed by atoms with van der Waals surface area (Å²) < 4.78 is 1.22. The Kier molecular flexibility index (Phi) is 1.98. The summed E-state index contributed by atoms with van der Waals surface area (Å²) in [7, 11) is 0. The molecule has 1 aromatic carbocycles. The average Bonchev–Trinajstić information content (AvgIpc) is 2.59. The fourth-order valence-corrected chi connectivity index (χ4v) is 2.40. The maximum absolute atomic E-state index is 9.06. The van der Waals surface area contributed by atoms with Crippen molar-refractivity contribution >= 4 is 27.1 Å². The van der Waals surface area contributed by atoms with Crippen molar-refractivity contribution in [3.8, 4) is 0 Å². The number of fused-ring (bicyclic) bond motifs is 1. The zero-order valence-corrected chi connectivity index (χ0v) is 8.19. The summed E-state index contributed by atoms with van der Waals surface area (Å²) in [5.41, 5.74) is 8.49. The lowest BCUT2D eigenvalue weighted by Crippen LogP contribution is -1.96. The third-order valence-electron chi connectivity index (χ3n) is 2.29. The fourth-order valence-electron chi connectivity index (χ4n) is 1.50. The average molecular weight is 193 g/mol. The van der Waals surface area contributed by atoms with E-state index in [1.54, 1.807) is 11.3 Å². The molecule has 0 saturated carbocycles. The molecule has 0 aliphatic carbocycles. The minimum atomic E-state index is 0.0124. The Morgan fingerprint density at radius 3 is 3.00 bits per heavy atom. The predicted octanol–water partition coefficient (Wildman–Crippen LogP) is 2.28. The van der Waals surface area contributed by atoms with Crippen LogP contribution in [-0.2, 0) is 6.61 Å². The third kappa shape index (κ3) is 1.20. The van der Waals surface area contributed by atoms with Gasteiger partial charge in [-0.2, -0.15) is 0 Å². The van der Waals surface area contributed by atoms with Crippen molar-refractivity contribution in [1.29, 1.82) is 0 Å². The molecular formula is C10H11NOS. The van der Waals surface area contributed by atoms with E-state index in [4.69, 9.17) is 10.8 Å². The number of nitrogens with two attached hydrogens (primary N) is 1. The Morgan fingerprint density at radius 1 is 1.54 bits per heavy atom. The Morgan fingerprint density at radius 2 is 2.31 bits per heavy atom. The van der Waals surface area contributed by atoms with Crippen LogP contribution in [-0.4, -0.2) is 5.11 Å². The first-order valence-electron chi connectivity index (χ1n) is 4.10. The first-order valence-corrected chi connectivity index (χ1v) is 4.98. The number of anilines is 1. The van der Waals surface area contributed by atoms with Crippen LogP contribution in [0.4, 0.5) is 5.69 Å². The summed E-state index contributed by atoms with van der Waals surface area (Å²) in [6.07, 6.45) is 0. The molecule has 2 aromatic rings. The maximum atomic E-state index is 9.06. The fraction of sp³-hybridized carbons (Fsp3) is 0.200. The smallest absolute Gasteiger partial charge is 0.0702 e. The molecule has 0 aliphatic rings. The van der Waals surface area contributed by atoms with Gasteiger partial charge in [-0.3, -0.25) is 0 Å². The van der Waals surface area contributed by atoms with Crippen LogP contribution in [0.15, 0.2) is 17.5 Å². The SMILES string of the molecule is Cc1c(N)c(CO)cc2ccsc12. The molecule has 0 amide bonds. The minimum Gasteiger partial charge on any atom is -0.398 e. The van der Waals surface area contributed by atoms with E-state index >= 15 is 0 Å². The van der Waals surface area contributed by atoms with Gasteiger partial charge in [-0.15, -0.1) is 11.3 Å². The number of aliphatic hydroxyl groups is 1. The molecule has 2 nitrogen and oxygen atoms in total. The van der Waals surface area contributed by atoms with Crippen molar-refractivity contribution in [2.45, 2.75) is 13.5 Å². The number of hydrogen-bond donors (Lipinski definition) is 2. The summed E-state index contributed by atoms with van der Waals surface area (Å²) in [6.45, 7) is 2.01. The first-order chi connectivity index (χ1) is 6.24. The zero-order valence-electron chi connectivity index (χ0n) is 7.37. The molecule has 0 spiro atoms. The van der Waals surface area contributed by atoms with Crippen LogP contribution in [0.3, 0.4) is 0 Å². The largest absolute Gasteiger partial charge is 0.398 e. The topological polar surface area (TPSA) is 46.2 Å². The normalized spacial score (nSPS) is 10.9. The van der Waals surface area contributed by atoms with E-state index < -0.39 is 0 Å². The number of aryl methyl sites for hydroxylation is 1. The molecule has 0 aliphatic heterocycles. The van der Waals surface area contributed by atoms with Crippen LogP contribution in [0.2, 0.25) is 0 Å². The Hall–Kier alpha value is -1.06. The van der Waals surface area contributed by atoms with Crippen molar-refractivity contribution in [2.24, 2.45) is 0 Å². The standard InChI is InChI=1S/C10H11NOS/c1-6-9(11)8(5-12)4-7-2-3-13-10(6)7/h2-4,12H,5,11H2,1H3. The quantitative estimate of drug-likeness (QED) is 0.682. The second kappa shape index (κ2) is 3.01. The first kappa shape index (κ1) is 8.53. The molecule has 2 rings (SSSR count). The highest BCUT2D eigenvalue weighted by molar-refractivity contribution is 7.17. The van der Waals surface area contributed by atoms with Crippen LogP contribution in [0, 0.1) is 6.92 Å². The van der Waals surface area contributed by atoms with Gasteiger partial charge in [-0.25, -0.2) is 0 Å². The Bertz CT molecular complexity index is 447. The highest BCUT2D eigenvalue weighted by Crippen LogP contribution is 2.31. The molecule has 0 radical (unpaired) electrons. The van der Waals surface area contributed by atoms with Crippen molar-refractivity contribution < 1.29 is 5.11 Å². The lowest BCUT2D eigenvalue weighted by molar-refractivity contribution is 0.282. The van der Waals surface area contributed by atoms with E-state index in [2.05, 4.69) is 0 Å². The molecule has 1 aromatic heterocycles. The van der Waals surface area contributed by atoms with Crippen molar-refractivity contribution in [3.05, 3.63) is 28.6 Å². The van der Waals surface area contributed by atoms with E-state index in [-0.39, 0.29) is 6.61 Å². The lowest BCUT2D eigenvalue weighted by atomic mass is 10.1. The van der Waals surface area contributed by atoms with Crippen molar-refractivity contribution in [2.75, 3.05) is 5.73 Å². The van der Waals surface area contributed by atoms with Crippen LogP contribution in [0.25, 0.3) is 10.1 Å². The molecule has 0 fully saturated rings. The monoisotopic (exact) mass is 193 g/mol. The summed E-state index contributed by atoms with van der Waals surface area (Å²) >= 11 is 1.69. The third-order valence-corrected chi connectivity index (χ3v) is 3.34. The number of aliphatic hydroxyl groups excluding tert-OH is 1. The zero-order chi connectivity index (χ0) is 9.42. The van der Waals surface area contributed by atoms with Crippen LogP contribution >= 0.6 is 11.3 Å². The van der Waals surface area contributed by atoms with Crippen molar-refractivity contribution in [1.82, 2.24) is 0 Å². The maximum Gasteiger partial charge on any atom is 0.0702 e. The summed E-state index contributed by atoms with van der Waals surface area (Å²) in [6, 6.07) is 4.00. The summed E-state index contributed by atoms with van der Waals surface area (Å²) in [4.78, 5) is 0. The van der Waals surface area contributed by atoms with Crippen molar-refractivity contribution in [3.63, 3.8) is 0 Å². The number of thiophene rings is 1. The van der Waals surface area contributed by atoms with E-state index in [0.29, 0.717) is 0 Å². The molecule has 3 heteroatoms. The van der Waals surface area contributed by atoms with Gasteiger partial charge in [-0.1, -0.05) is 0 Å². The van der Waals surface area contributed by atoms with E-state index in [9.17, 15) is 0 Å². The Labute approximate surface area is 80.6 Å². The number of rotatable bonds is 1. The number of benzene rings is 1. The molecule has 68 valence electrons. The van der Waals surface area contributed by atoms with E-state index in [0.717, 1.165) is 16.8 Å². The van der Waals surface area contributed by atoms with Gasteiger partial charge in [0.2, 0.25) is 0 Å². The second-order valence-electron chi connectivity index (χ2n) is 3.07.